The summed E-state index contributed by atoms with van der Waals surface area (Å²) in [4.78, 5) is 16.9. The third kappa shape index (κ3) is 3.55. The Hall–Kier alpha value is -1.14. The lowest BCUT2D eigenvalue weighted by Gasteiger charge is -2.30. The number of hydrogen-bond acceptors (Lipinski definition) is 3. The zero-order valence-corrected chi connectivity index (χ0v) is 14.0. The van der Waals surface area contributed by atoms with Gasteiger partial charge in [0.15, 0.2) is 0 Å². The number of nitrogens with two attached hydrogens (primary N) is 1. The fraction of sp³-hybridized carbons (Fsp3) is 0.533. The Morgan fingerprint density at radius 1 is 1.48 bits per heavy atom. The monoisotopic (exact) mass is 357 g/mol. The van der Waals surface area contributed by atoms with Gasteiger partial charge in [0.2, 0.25) is 0 Å². The maximum Gasteiger partial charge on any atom is 0.255 e. The predicted octanol–water partition coefficient (Wildman–Crippen LogP) is 2.73. The van der Waals surface area contributed by atoms with E-state index in [0.717, 1.165) is 25.9 Å². The van der Waals surface area contributed by atoms with E-state index >= 15 is 0 Å². The number of nitrogens with zero attached hydrogens (tertiary/aromatic N) is 2. The number of halogens is 2. The van der Waals surface area contributed by atoms with E-state index < -0.39 is 5.82 Å². The Balaban J connectivity index is 2.31. The van der Waals surface area contributed by atoms with E-state index in [1.54, 1.807) is 0 Å². The zero-order valence-electron chi connectivity index (χ0n) is 12.4. The molecule has 0 spiro atoms. The second kappa shape index (κ2) is 6.75. The molecule has 0 aromatic heterocycles. The fourth-order valence-electron chi connectivity index (χ4n) is 2.74. The average Bonchev–Trinajstić information content (AvgIpc) is 2.63. The number of carbonyl (C=O) groups is 1. The molecule has 1 saturated heterocycles. The fourth-order valence-corrected chi connectivity index (χ4v) is 3.23. The van der Waals surface area contributed by atoms with Crippen molar-refractivity contribution in [2.75, 3.05) is 32.4 Å². The van der Waals surface area contributed by atoms with Gasteiger partial charge in [0, 0.05) is 23.6 Å². The lowest BCUT2D eigenvalue weighted by molar-refractivity contribution is 0.0675. The number of rotatable bonds is 2. The summed E-state index contributed by atoms with van der Waals surface area (Å²) < 4.78 is 13.9. The highest BCUT2D eigenvalue weighted by molar-refractivity contribution is 9.10. The standard InChI is InChI=1S/C15H21BrFN3O/c1-3-10-9-19(2)5-4-6-20(10)15(21)11-7-14(18)13(17)8-12(11)16/h7-8,10H,3-6,9,18H2,1-2H3. The molecular formula is C15H21BrFN3O. The molecule has 116 valence electrons. The number of carbonyl (C=O) groups excluding carboxylic acids is 1. The first-order chi connectivity index (χ1) is 9.93. The van der Waals surface area contributed by atoms with E-state index in [0.29, 0.717) is 16.6 Å². The number of likely N-dealkylation sites (N-methyl/N-ethyl adjacent to an activating group) is 1. The largest absolute Gasteiger partial charge is 0.396 e. The van der Waals surface area contributed by atoms with Crippen LogP contribution in [0.1, 0.15) is 30.1 Å². The Morgan fingerprint density at radius 2 is 2.19 bits per heavy atom. The summed E-state index contributed by atoms with van der Waals surface area (Å²) in [6.07, 6.45) is 1.83. The van der Waals surface area contributed by atoms with Crippen molar-refractivity contribution in [3.8, 4) is 0 Å². The lowest BCUT2D eigenvalue weighted by atomic mass is 10.1. The Bertz CT molecular complexity index is 538. The summed E-state index contributed by atoms with van der Waals surface area (Å²) in [7, 11) is 2.07. The molecule has 0 radical (unpaired) electrons. The summed E-state index contributed by atoms with van der Waals surface area (Å²) in [6, 6.07) is 2.85. The van der Waals surface area contributed by atoms with Crippen LogP contribution in [0, 0.1) is 5.82 Å². The van der Waals surface area contributed by atoms with E-state index in [1.807, 2.05) is 4.90 Å². The summed E-state index contributed by atoms with van der Waals surface area (Å²) in [5, 5.41) is 0. The van der Waals surface area contributed by atoms with Crippen molar-refractivity contribution in [3.05, 3.63) is 28.0 Å². The first-order valence-electron chi connectivity index (χ1n) is 7.18. The smallest absolute Gasteiger partial charge is 0.255 e. The van der Waals surface area contributed by atoms with Gasteiger partial charge in [-0.25, -0.2) is 4.39 Å². The van der Waals surface area contributed by atoms with E-state index in [4.69, 9.17) is 5.73 Å². The van der Waals surface area contributed by atoms with Crippen LogP contribution in [0.2, 0.25) is 0 Å². The molecule has 1 atom stereocenters. The van der Waals surface area contributed by atoms with Crippen LogP contribution in [0.25, 0.3) is 0 Å². The van der Waals surface area contributed by atoms with Gasteiger partial charge >= 0.3 is 0 Å². The first kappa shape index (κ1) is 16.2. The molecule has 1 unspecified atom stereocenters. The molecule has 0 aliphatic carbocycles. The summed E-state index contributed by atoms with van der Waals surface area (Å²) >= 11 is 3.27. The molecule has 1 fully saturated rings. The van der Waals surface area contributed by atoms with Crippen molar-refractivity contribution in [1.29, 1.82) is 0 Å². The van der Waals surface area contributed by atoms with Crippen LogP contribution in [0.3, 0.4) is 0 Å². The molecule has 1 aromatic rings. The van der Waals surface area contributed by atoms with Crippen LogP contribution in [-0.2, 0) is 0 Å². The Morgan fingerprint density at radius 3 is 2.86 bits per heavy atom. The number of benzene rings is 1. The van der Waals surface area contributed by atoms with Gasteiger partial charge in [-0.2, -0.15) is 0 Å². The van der Waals surface area contributed by atoms with Crippen molar-refractivity contribution in [2.24, 2.45) is 0 Å². The van der Waals surface area contributed by atoms with Crippen LogP contribution in [0.15, 0.2) is 16.6 Å². The minimum absolute atomic E-state index is 0.00142. The van der Waals surface area contributed by atoms with Gasteiger partial charge in [0.1, 0.15) is 5.82 Å². The van der Waals surface area contributed by atoms with Crippen molar-refractivity contribution < 1.29 is 9.18 Å². The van der Waals surface area contributed by atoms with Gasteiger partial charge in [-0.1, -0.05) is 6.92 Å². The molecule has 1 amide bonds. The second-order valence-electron chi connectivity index (χ2n) is 5.53. The first-order valence-corrected chi connectivity index (χ1v) is 7.97. The van der Waals surface area contributed by atoms with Crippen molar-refractivity contribution in [2.45, 2.75) is 25.8 Å². The number of nitrogen functional groups attached to an aromatic ring is 1. The molecule has 2 N–H and O–H groups in total. The van der Waals surface area contributed by atoms with Crippen LogP contribution in [0.4, 0.5) is 10.1 Å². The molecule has 21 heavy (non-hydrogen) atoms. The molecule has 4 nitrogen and oxygen atoms in total. The summed E-state index contributed by atoms with van der Waals surface area (Å²) in [5.41, 5.74) is 6.03. The van der Waals surface area contributed by atoms with Crippen LogP contribution in [0.5, 0.6) is 0 Å². The highest BCUT2D eigenvalue weighted by Gasteiger charge is 2.28. The minimum Gasteiger partial charge on any atom is -0.396 e. The van der Waals surface area contributed by atoms with Gasteiger partial charge in [-0.05, 0) is 54.5 Å². The molecule has 6 heteroatoms. The highest BCUT2D eigenvalue weighted by atomic mass is 79.9. The molecule has 1 heterocycles. The topological polar surface area (TPSA) is 49.6 Å². The Labute approximate surface area is 133 Å². The second-order valence-corrected chi connectivity index (χ2v) is 6.38. The maximum absolute atomic E-state index is 13.4. The van der Waals surface area contributed by atoms with E-state index in [1.165, 1.54) is 12.1 Å². The quantitative estimate of drug-likeness (QED) is 0.827. The summed E-state index contributed by atoms with van der Waals surface area (Å²) in [6.45, 7) is 4.63. The van der Waals surface area contributed by atoms with E-state index in [-0.39, 0.29) is 17.6 Å². The molecule has 0 bridgehead atoms. The SMILES string of the molecule is CCC1CN(C)CCCN1C(=O)c1cc(N)c(F)cc1Br. The van der Waals surface area contributed by atoms with E-state index in [9.17, 15) is 9.18 Å². The maximum atomic E-state index is 13.4. The molecule has 2 rings (SSSR count). The van der Waals surface area contributed by atoms with Gasteiger partial charge in [-0.3, -0.25) is 4.79 Å². The van der Waals surface area contributed by atoms with Crippen LogP contribution < -0.4 is 5.73 Å². The lowest BCUT2D eigenvalue weighted by Crippen LogP contribution is -2.43. The number of amides is 1. The molecular weight excluding hydrogens is 337 g/mol. The zero-order chi connectivity index (χ0) is 15.6. The van der Waals surface area contributed by atoms with Gasteiger partial charge < -0.3 is 15.5 Å². The van der Waals surface area contributed by atoms with Gasteiger partial charge in [0.05, 0.1) is 11.3 Å². The predicted molar refractivity (Wildman–Crippen MR) is 85.7 cm³/mol. The van der Waals surface area contributed by atoms with Crippen molar-refractivity contribution in [3.63, 3.8) is 0 Å². The molecule has 0 saturated carbocycles. The third-order valence-corrected chi connectivity index (χ3v) is 4.61. The van der Waals surface area contributed by atoms with Crippen molar-refractivity contribution >= 4 is 27.5 Å². The number of anilines is 1. The number of hydrogen-bond donors (Lipinski definition) is 1. The Kier molecular flexibility index (Phi) is 5.22. The average molecular weight is 358 g/mol. The molecule has 1 aliphatic heterocycles. The van der Waals surface area contributed by atoms with E-state index in [2.05, 4.69) is 34.8 Å². The molecule has 1 aliphatic rings. The summed E-state index contributed by atoms with van der Waals surface area (Å²) in [5.74, 6) is -0.600. The highest BCUT2D eigenvalue weighted by Crippen LogP contribution is 2.26. The molecule has 1 aromatic carbocycles. The van der Waals surface area contributed by atoms with Crippen molar-refractivity contribution in [1.82, 2.24) is 9.80 Å². The minimum atomic E-state index is -0.513. The van der Waals surface area contributed by atoms with Gasteiger partial charge in [-0.15, -0.1) is 0 Å². The van der Waals surface area contributed by atoms with Crippen LogP contribution in [-0.4, -0.2) is 48.4 Å². The van der Waals surface area contributed by atoms with Gasteiger partial charge in [0.25, 0.3) is 5.91 Å². The third-order valence-electron chi connectivity index (χ3n) is 3.95. The normalized spacial score (nSPS) is 20.4. The van der Waals surface area contributed by atoms with Crippen LogP contribution >= 0.6 is 15.9 Å².